The van der Waals surface area contributed by atoms with Crippen LogP contribution in [0.1, 0.15) is 29.2 Å². The van der Waals surface area contributed by atoms with E-state index in [9.17, 15) is 9.18 Å². The molecule has 4 nitrogen and oxygen atoms in total. The van der Waals surface area contributed by atoms with Gasteiger partial charge in [0.25, 0.3) is 0 Å². The van der Waals surface area contributed by atoms with Crippen LogP contribution in [-0.2, 0) is 4.74 Å². The zero-order valence-electron chi connectivity index (χ0n) is 9.31. The highest BCUT2D eigenvalue weighted by Gasteiger charge is 2.26. The molecule has 1 aliphatic rings. The molecule has 1 fully saturated rings. The Kier molecular flexibility index (Phi) is 2.14. The number of fused-ring (bicyclic) bond motifs is 1. The van der Waals surface area contributed by atoms with Crippen molar-refractivity contribution in [2.75, 3.05) is 7.11 Å². The molecule has 0 bridgehead atoms. The highest BCUT2D eigenvalue weighted by atomic mass is 19.1. The van der Waals surface area contributed by atoms with Crippen LogP contribution in [0.3, 0.4) is 0 Å². The van der Waals surface area contributed by atoms with Crippen LogP contribution in [0.5, 0.6) is 0 Å². The fourth-order valence-electron chi connectivity index (χ4n) is 1.99. The molecule has 0 aliphatic heterocycles. The summed E-state index contributed by atoms with van der Waals surface area (Å²) in [7, 11) is 1.27. The summed E-state index contributed by atoms with van der Waals surface area (Å²) in [4.78, 5) is 15.5. The first-order chi connectivity index (χ1) is 8.20. The molecule has 0 unspecified atom stereocenters. The van der Waals surface area contributed by atoms with Crippen LogP contribution in [0, 0.1) is 5.82 Å². The van der Waals surface area contributed by atoms with Crippen molar-refractivity contribution in [3.05, 3.63) is 29.8 Å². The Morgan fingerprint density at radius 2 is 2.29 bits per heavy atom. The highest BCUT2D eigenvalue weighted by molar-refractivity contribution is 5.93. The van der Waals surface area contributed by atoms with E-state index in [0.29, 0.717) is 17.1 Å². The summed E-state index contributed by atoms with van der Waals surface area (Å²) < 4.78 is 20.4. The third kappa shape index (κ3) is 1.58. The van der Waals surface area contributed by atoms with Crippen LogP contribution in [0.2, 0.25) is 0 Å². The van der Waals surface area contributed by atoms with E-state index in [-0.39, 0.29) is 5.56 Å². The van der Waals surface area contributed by atoms with Crippen molar-refractivity contribution in [3.8, 4) is 0 Å². The number of carbonyl (C=O) groups excluding carboxylic acids is 1. The predicted molar refractivity (Wildman–Crippen MR) is 59.3 cm³/mol. The number of nitrogens with zero attached hydrogens (tertiary/aromatic N) is 2. The molecule has 17 heavy (non-hydrogen) atoms. The molecule has 2 aromatic rings. The zero-order chi connectivity index (χ0) is 12.0. The molecule has 0 amide bonds. The van der Waals surface area contributed by atoms with Gasteiger partial charge >= 0.3 is 5.97 Å². The third-order valence-corrected chi connectivity index (χ3v) is 2.98. The maximum absolute atomic E-state index is 14.0. The van der Waals surface area contributed by atoms with Gasteiger partial charge in [0, 0.05) is 6.04 Å². The Morgan fingerprint density at radius 1 is 1.53 bits per heavy atom. The molecule has 0 radical (unpaired) electrons. The van der Waals surface area contributed by atoms with Gasteiger partial charge in [0.2, 0.25) is 0 Å². The van der Waals surface area contributed by atoms with Crippen LogP contribution in [0.15, 0.2) is 18.5 Å². The minimum absolute atomic E-state index is 0.193. The Labute approximate surface area is 97.0 Å². The largest absolute Gasteiger partial charge is 0.465 e. The van der Waals surface area contributed by atoms with Crippen molar-refractivity contribution in [2.45, 2.75) is 18.9 Å². The van der Waals surface area contributed by atoms with Gasteiger partial charge in [-0.3, -0.25) is 0 Å². The topological polar surface area (TPSA) is 44.1 Å². The molecular weight excluding hydrogens is 223 g/mol. The Bertz CT molecular complexity index is 602. The molecule has 1 aromatic carbocycles. The number of imidazole rings is 1. The lowest BCUT2D eigenvalue weighted by atomic mass is 10.2. The van der Waals surface area contributed by atoms with Gasteiger partial charge in [-0.15, -0.1) is 0 Å². The van der Waals surface area contributed by atoms with E-state index in [1.165, 1.54) is 13.2 Å². The second-order valence-corrected chi connectivity index (χ2v) is 4.20. The lowest BCUT2D eigenvalue weighted by Gasteiger charge is -2.04. The zero-order valence-corrected chi connectivity index (χ0v) is 9.31. The van der Waals surface area contributed by atoms with E-state index in [1.807, 2.05) is 4.57 Å². The summed E-state index contributed by atoms with van der Waals surface area (Å²) in [6.07, 6.45) is 3.75. The van der Waals surface area contributed by atoms with E-state index in [0.717, 1.165) is 12.8 Å². The van der Waals surface area contributed by atoms with E-state index < -0.39 is 11.8 Å². The summed E-state index contributed by atoms with van der Waals surface area (Å²) in [6.45, 7) is 0. The van der Waals surface area contributed by atoms with Crippen LogP contribution < -0.4 is 0 Å². The lowest BCUT2D eigenvalue weighted by Crippen LogP contribution is -2.02. The molecule has 5 heteroatoms. The molecule has 3 rings (SSSR count). The Hall–Kier alpha value is -1.91. The van der Waals surface area contributed by atoms with Gasteiger partial charge in [0.05, 0.1) is 24.5 Å². The van der Waals surface area contributed by atoms with Crippen molar-refractivity contribution in [3.63, 3.8) is 0 Å². The van der Waals surface area contributed by atoms with Gasteiger partial charge in [-0.1, -0.05) is 0 Å². The number of benzene rings is 1. The van der Waals surface area contributed by atoms with Crippen molar-refractivity contribution in [2.24, 2.45) is 0 Å². The molecule has 88 valence electrons. The van der Waals surface area contributed by atoms with Crippen molar-refractivity contribution in [1.82, 2.24) is 9.55 Å². The molecule has 0 spiro atoms. The SMILES string of the molecule is COC(=O)c1cc(F)c2c(c1)ncn2C1CC1. The number of aromatic nitrogens is 2. The van der Waals surface area contributed by atoms with Crippen molar-refractivity contribution in [1.29, 1.82) is 0 Å². The minimum atomic E-state index is -0.549. The minimum Gasteiger partial charge on any atom is -0.465 e. The molecule has 1 saturated carbocycles. The fourth-order valence-corrected chi connectivity index (χ4v) is 1.99. The van der Waals surface area contributed by atoms with E-state index in [2.05, 4.69) is 9.72 Å². The standard InChI is InChI=1S/C12H11FN2O2/c1-17-12(16)7-4-9(13)11-10(5-7)14-6-15(11)8-2-3-8/h4-6,8H,2-3H2,1H3. The van der Waals surface area contributed by atoms with E-state index in [1.54, 1.807) is 12.4 Å². The summed E-state index contributed by atoms with van der Waals surface area (Å²) in [5, 5.41) is 0. The summed E-state index contributed by atoms with van der Waals surface area (Å²) in [5.74, 6) is -0.973. The molecule has 1 heterocycles. The maximum atomic E-state index is 14.0. The van der Waals surface area contributed by atoms with Gasteiger partial charge in [-0.2, -0.15) is 0 Å². The van der Waals surface area contributed by atoms with Gasteiger partial charge in [0.15, 0.2) is 0 Å². The smallest absolute Gasteiger partial charge is 0.338 e. The average Bonchev–Trinajstić information content (AvgIpc) is 3.08. The highest BCUT2D eigenvalue weighted by Crippen LogP contribution is 2.37. The normalized spacial score (nSPS) is 15.2. The van der Waals surface area contributed by atoms with Crippen LogP contribution in [0.25, 0.3) is 11.0 Å². The quantitative estimate of drug-likeness (QED) is 0.749. The third-order valence-electron chi connectivity index (χ3n) is 2.98. The average molecular weight is 234 g/mol. The number of methoxy groups -OCH3 is 1. The first-order valence-electron chi connectivity index (χ1n) is 5.45. The summed E-state index contributed by atoms with van der Waals surface area (Å²) in [5.41, 5.74) is 1.16. The molecular formula is C12H11FN2O2. The summed E-state index contributed by atoms with van der Waals surface area (Å²) in [6, 6.07) is 3.12. The van der Waals surface area contributed by atoms with E-state index in [4.69, 9.17) is 0 Å². The first kappa shape index (κ1) is 10.3. The van der Waals surface area contributed by atoms with Gasteiger partial charge in [0.1, 0.15) is 11.3 Å². The second kappa shape index (κ2) is 3.55. The number of halogens is 1. The fraction of sp³-hybridized carbons (Fsp3) is 0.333. The van der Waals surface area contributed by atoms with Gasteiger partial charge < -0.3 is 9.30 Å². The number of hydrogen-bond donors (Lipinski definition) is 0. The van der Waals surface area contributed by atoms with Crippen molar-refractivity contribution < 1.29 is 13.9 Å². The Balaban J connectivity index is 2.18. The number of carbonyl (C=O) groups is 1. The second-order valence-electron chi connectivity index (χ2n) is 4.20. The van der Waals surface area contributed by atoms with Crippen LogP contribution >= 0.6 is 0 Å². The van der Waals surface area contributed by atoms with Gasteiger partial charge in [-0.25, -0.2) is 14.2 Å². The number of ether oxygens (including phenoxy) is 1. The van der Waals surface area contributed by atoms with Crippen LogP contribution in [0.4, 0.5) is 4.39 Å². The van der Waals surface area contributed by atoms with E-state index >= 15 is 0 Å². The molecule has 1 aliphatic carbocycles. The predicted octanol–water partition coefficient (Wildman–Crippen LogP) is 2.30. The molecule has 0 saturated heterocycles. The Morgan fingerprint density at radius 3 is 2.94 bits per heavy atom. The molecule has 1 aromatic heterocycles. The lowest BCUT2D eigenvalue weighted by molar-refractivity contribution is 0.0600. The number of rotatable bonds is 2. The van der Waals surface area contributed by atoms with Crippen LogP contribution in [-0.4, -0.2) is 22.6 Å². The summed E-state index contributed by atoms with van der Waals surface area (Å²) >= 11 is 0. The first-order valence-corrected chi connectivity index (χ1v) is 5.45. The van der Waals surface area contributed by atoms with Crippen molar-refractivity contribution >= 4 is 17.0 Å². The molecule has 0 atom stereocenters. The number of esters is 1. The number of hydrogen-bond acceptors (Lipinski definition) is 3. The van der Waals surface area contributed by atoms with Gasteiger partial charge in [-0.05, 0) is 25.0 Å². The molecule has 0 N–H and O–H groups in total. The monoisotopic (exact) mass is 234 g/mol. The maximum Gasteiger partial charge on any atom is 0.338 e.